The van der Waals surface area contributed by atoms with Gasteiger partial charge in [-0.1, -0.05) is 6.07 Å². The van der Waals surface area contributed by atoms with Crippen molar-refractivity contribution in [2.24, 2.45) is 7.05 Å². The standard InChI is InChI=1S/C17H19F3N8O2S/c1-27-13(6-8-24-27)25-16-23-10-12(17(18,19)20)14(26-16)22-9-11-5-4-7-21-15(11)28(2)31(3,29)30/h4-8,10H,9H2,1-3H3,(H2,22,23,25,26). The summed E-state index contributed by atoms with van der Waals surface area (Å²) in [5, 5.41) is 9.37. The van der Waals surface area contributed by atoms with Gasteiger partial charge in [-0.2, -0.15) is 23.3 Å². The maximum absolute atomic E-state index is 13.5. The van der Waals surface area contributed by atoms with Crippen molar-refractivity contribution in [3.8, 4) is 0 Å². The SMILES string of the molecule is CN(c1ncccc1CNc1nc(Nc2ccnn2C)ncc1C(F)(F)F)S(C)(=O)=O. The molecule has 0 aliphatic rings. The normalized spacial score (nSPS) is 11.9. The molecule has 0 unspecified atom stereocenters. The van der Waals surface area contributed by atoms with Crippen LogP contribution >= 0.6 is 0 Å². The number of pyridine rings is 1. The van der Waals surface area contributed by atoms with Crippen molar-refractivity contribution < 1.29 is 21.6 Å². The molecular formula is C17H19F3N8O2S. The predicted molar refractivity (Wildman–Crippen MR) is 108 cm³/mol. The van der Waals surface area contributed by atoms with Crippen LogP contribution in [0.2, 0.25) is 0 Å². The minimum Gasteiger partial charge on any atom is -0.365 e. The zero-order chi connectivity index (χ0) is 22.8. The highest BCUT2D eigenvalue weighted by atomic mass is 32.2. The largest absolute Gasteiger partial charge is 0.421 e. The number of anilines is 4. The minimum atomic E-state index is -4.70. The van der Waals surface area contributed by atoms with Crippen molar-refractivity contribution in [3.63, 3.8) is 0 Å². The zero-order valence-corrected chi connectivity index (χ0v) is 17.5. The molecule has 0 bridgehead atoms. The highest BCUT2D eigenvalue weighted by molar-refractivity contribution is 7.92. The summed E-state index contributed by atoms with van der Waals surface area (Å²) in [6, 6.07) is 4.72. The summed E-state index contributed by atoms with van der Waals surface area (Å²) in [7, 11) is -0.658. The summed E-state index contributed by atoms with van der Waals surface area (Å²) in [4.78, 5) is 11.7. The van der Waals surface area contributed by atoms with Gasteiger partial charge in [-0.25, -0.2) is 18.4 Å². The van der Waals surface area contributed by atoms with Gasteiger partial charge in [0.2, 0.25) is 16.0 Å². The molecule has 0 saturated heterocycles. The Balaban J connectivity index is 1.92. The van der Waals surface area contributed by atoms with Crippen molar-refractivity contribution in [1.82, 2.24) is 24.7 Å². The van der Waals surface area contributed by atoms with E-state index in [2.05, 4.69) is 30.7 Å². The number of alkyl halides is 3. The topological polar surface area (TPSA) is 118 Å². The van der Waals surface area contributed by atoms with E-state index in [9.17, 15) is 21.6 Å². The van der Waals surface area contributed by atoms with Crippen LogP contribution in [0.1, 0.15) is 11.1 Å². The average molecular weight is 456 g/mol. The number of nitrogens with zero attached hydrogens (tertiary/aromatic N) is 6. The lowest BCUT2D eigenvalue weighted by atomic mass is 10.2. The molecule has 0 aliphatic heterocycles. The van der Waals surface area contributed by atoms with Gasteiger partial charge in [0.25, 0.3) is 0 Å². The van der Waals surface area contributed by atoms with Crippen LogP contribution in [0.3, 0.4) is 0 Å². The lowest BCUT2D eigenvalue weighted by Crippen LogP contribution is -2.27. The zero-order valence-electron chi connectivity index (χ0n) is 16.7. The Morgan fingerprint density at radius 1 is 1.19 bits per heavy atom. The van der Waals surface area contributed by atoms with Crippen molar-refractivity contribution in [2.75, 3.05) is 28.2 Å². The first-order valence-corrected chi connectivity index (χ1v) is 10.6. The third kappa shape index (κ3) is 5.20. The minimum absolute atomic E-state index is 0.0706. The molecule has 3 heterocycles. The predicted octanol–water partition coefficient (Wildman–Crippen LogP) is 2.38. The summed E-state index contributed by atoms with van der Waals surface area (Å²) >= 11 is 0. The second-order valence-electron chi connectivity index (χ2n) is 6.49. The number of hydrogen-bond acceptors (Lipinski definition) is 8. The highest BCUT2D eigenvalue weighted by Gasteiger charge is 2.35. The van der Waals surface area contributed by atoms with Gasteiger partial charge in [-0.3, -0.25) is 8.99 Å². The summed E-state index contributed by atoms with van der Waals surface area (Å²) in [5.74, 6) is 0.0334. The molecule has 2 N–H and O–H groups in total. The molecular weight excluding hydrogens is 437 g/mol. The monoisotopic (exact) mass is 456 g/mol. The molecule has 0 atom stereocenters. The molecule has 166 valence electrons. The van der Waals surface area contributed by atoms with Crippen LogP contribution in [-0.4, -0.2) is 46.5 Å². The molecule has 0 amide bonds. The third-order valence-corrected chi connectivity index (χ3v) is 5.43. The quantitative estimate of drug-likeness (QED) is 0.557. The van der Waals surface area contributed by atoms with Crippen molar-refractivity contribution in [3.05, 3.63) is 47.9 Å². The Kier molecular flexibility index (Phi) is 6.01. The fourth-order valence-electron chi connectivity index (χ4n) is 2.58. The van der Waals surface area contributed by atoms with E-state index < -0.39 is 27.6 Å². The number of halogens is 3. The molecule has 3 rings (SSSR count). The van der Waals surface area contributed by atoms with Crippen LogP contribution < -0.4 is 14.9 Å². The molecule has 0 saturated carbocycles. The van der Waals surface area contributed by atoms with E-state index in [-0.39, 0.29) is 18.3 Å². The molecule has 0 spiro atoms. The number of aromatic nitrogens is 5. The maximum atomic E-state index is 13.5. The van der Waals surface area contributed by atoms with E-state index in [1.165, 1.54) is 24.1 Å². The van der Waals surface area contributed by atoms with Crippen LogP contribution in [0.15, 0.2) is 36.8 Å². The smallest absolute Gasteiger partial charge is 0.365 e. The van der Waals surface area contributed by atoms with Crippen LogP contribution in [-0.2, 0) is 29.8 Å². The molecule has 0 aliphatic carbocycles. The van der Waals surface area contributed by atoms with Crippen molar-refractivity contribution in [2.45, 2.75) is 12.7 Å². The molecule has 3 aromatic heterocycles. The summed E-state index contributed by atoms with van der Waals surface area (Å²) < 4.78 is 66.5. The first-order valence-electron chi connectivity index (χ1n) is 8.77. The fourth-order valence-corrected chi connectivity index (χ4v) is 3.06. The summed E-state index contributed by atoms with van der Waals surface area (Å²) in [5.41, 5.74) is -0.701. The van der Waals surface area contributed by atoms with E-state index in [0.29, 0.717) is 17.6 Å². The number of nitrogens with one attached hydrogen (secondary N) is 2. The number of hydrogen-bond donors (Lipinski definition) is 2. The molecule has 0 radical (unpaired) electrons. The molecule has 10 nitrogen and oxygen atoms in total. The van der Waals surface area contributed by atoms with Crippen LogP contribution in [0, 0.1) is 0 Å². The highest BCUT2D eigenvalue weighted by Crippen LogP contribution is 2.34. The van der Waals surface area contributed by atoms with Crippen molar-refractivity contribution in [1.29, 1.82) is 0 Å². The molecule has 0 aromatic carbocycles. The third-order valence-electron chi connectivity index (χ3n) is 4.26. The number of rotatable bonds is 7. The fraction of sp³-hybridized carbons (Fsp3) is 0.294. The average Bonchev–Trinajstić information content (AvgIpc) is 3.09. The first kappa shape index (κ1) is 22.3. The molecule has 31 heavy (non-hydrogen) atoms. The van der Waals surface area contributed by atoms with Gasteiger partial charge in [-0.05, 0) is 6.07 Å². The van der Waals surface area contributed by atoms with Crippen LogP contribution in [0.25, 0.3) is 0 Å². The van der Waals surface area contributed by atoms with Gasteiger partial charge in [0, 0.05) is 44.7 Å². The van der Waals surface area contributed by atoms with Gasteiger partial charge >= 0.3 is 6.18 Å². The number of sulfonamides is 1. The second-order valence-corrected chi connectivity index (χ2v) is 8.50. The van der Waals surface area contributed by atoms with E-state index in [1.54, 1.807) is 25.2 Å². The molecule has 3 aromatic rings. The summed E-state index contributed by atoms with van der Waals surface area (Å²) in [6.07, 6.45) is -0.132. The van der Waals surface area contributed by atoms with E-state index in [0.717, 1.165) is 10.6 Å². The Labute approximate surface area is 176 Å². The Morgan fingerprint density at radius 2 is 1.94 bits per heavy atom. The van der Waals surface area contributed by atoms with E-state index in [4.69, 9.17) is 0 Å². The van der Waals surface area contributed by atoms with Gasteiger partial charge in [0.1, 0.15) is 23.0 Å². The van der Waals surface area contributed by atoms with Crippen LogP contribution in [0.4, 0.5) is 36.6 Å². The van der Waals surface area contributed by atoms with E-state index in [1.807, 2.05) is 0 Å². The van der Waals surface area contributed by atoms with E-state index >= 15 is 0 Å². The Morgan fingerprint density at radius 3 is 2.55 bits per heavy atom. The maximum Gasteiger partial charge on any atom is 0.421 e. The van der Waals surface area contributed by atoms with Crippen LogP contribution in [0.5, 0.6) is 0 Å². The van der Waals surface area contributed by atoms with Gasteiger partial charge < -0.3 is 10.6 Å². The second kappa shape index (κ2) is 8.37. The van der Waals surface area contributed by atoms with Gasteiger partial charge in [0.15, 0.2) is 0 Å². The Bertz CT molecular complexity index is 1180. The molecule has 0 fully saturated rings. The lowest BCUT2D eigenvalue weighted by Gasteiger charge is -2.20. The Hall–Kier alpha value is -3.42. The van der Waals surface area contributed by atoms with Gasteiger partial charge in [0.05, 0.1) is 12.5 Å². The van der Waals surface area contributed by atoms with Gasteiger partial charge in [-0.15, -0.1) is 0 Å². The lowest BCUT2D eigenvalue weighted by molar-refractivity contribution is -0.137. The number of aryl methyl sites for hydroxylation is 1. The molecule has 14 heteroatoms. The van der Waals surface area contributed by atoms with Crippen molar-refractivity contribution >= 4 is 33.4 Å². The first-order chi connectivity index (χ1) is 14.5. The summed E-state index contributed by atoms with van der Waals surface area (Å²) in [6.45, 7) is -0.158.